The lowest BCUT2D eigenvalue weighted by atomic mass is 10.1. The summed E-state index contributed by atoms with van der Waals surface area (Å²) in [6.07, 6.45) is 2.41. The SMILES string of the molecule is COC(=O)/C=C/CN(CC(=O)OC(C)(C)C)S(=O)(=O)c1ccc2cc(Cl)ccc2c1. The fourth-order valence-electron chi connectivity index (χ4n) is 2.60. The molecule has 0 amide bonds. The molecule has 0 saturated heterocycles. The van der Waals surface area contributed by atoms with Crippen molar-refractivity contribution >= 4 is 44.3 Å². The largest absolute Gasteiger partial charge is 0.466 e. The van der Waals surface area contributed by atoms with E-state index in [1.165, 1.54) is 25.3 Å². The van der Waals surface area contributed by atoms with Crippen LogP contribution in [0.15, 0.2) is 53.4 Å². The van der Waals surface area contributed by atoms with Crippen molar-refractivity contribution in [3.63, 3.8) is 0 Å². The number of ether oxygens (including phenoxy) is 2. The number of rotatable bonds is 7. The average molecular weight is 454 g/mol. The van der Waals surface area contributed by atoms with Crippen LogP contribution in [0.5, 0.6) is 0 Å². The minimum absolute atomic E-state index is 0.00680. The van der Waals surface area contributed by atoms with Crippen LogP contribution in [0, 0.1) is 0 Å². The Bertz CT molecular complexity index is 1070. The summed E-state index contributed by atoms with van der Waals surface area (Å²) < 4.78 is 37.2. The van der Waals surface area contributed by atoms with E-state index < -0.39 is 34.1 Å². The van der Waals surface area contributed by atoms with Gasteiger partial charge in [0, 0.05) is 17.6 Å². The third kappa shape index (κ3) is 6.55. The van der Waals surface area contributed by atoms with E-state index in [0.29, 0.717) is 10.4 Å². The van der Waals surface area contributed by atoms with Crippen LogP contribution in [0.3, 0.4) is 0 Å². The van der Waals surface area contributed by atoms with Gasteiger partial charge >= 0.3 is 11.9 Å². The summed E-state index contributed by atoms with van der Waals surface area (Å²) in [5.41, 5.74) is -0.767. The van der Waals surface area contributed by atoms with Crippen LogP contribution in [0.2, 0.25) is 5.02 Å². The Balaban J connectivity index is 2.38. The Hall–Kier alpha value is -2.42. The van der Waals surface area contributed by atoms with Gasteiger partial charge in [-0.2, -0.15) is 4.31 Å². The number of methoxy groups -OCH3 is 1. The Kier molecular flexibility index (Phi) is 7.63. The molecule has 0 aliphatic heterocycles. The van der Waals surface area contributed by atoms with Gasteiger partial charge in [0.1, 0.15) is 12.1 Å². The highest BCUT2D eigenvalue weighted by molar-refractivity contribution is 7.89. The van der Waals surface area contributed by atoms with Gasteiger partial charge in [0.05, 0.1) is 12.0 Å². The lowest BCUT2D eigenvalue weighted by Gasteiger charge is -2.24. The second-order valence-corrected chi connectivity index (χ2v) is 9.84. The van der Waals surface area contributed by atoms with Gasteiger partial charge < -0.3 is 9.47 Å². The van der Waals surface area contributed by atoms with Gasteiger partial charge in [0.25, 0.3) is 0 Å². The smallest absolute Gasteiger partial charge is 0.330 e. The highest BCUT2D eigenvalue weighted by atomic mass is 35.5. The van der Waals surface area contributed by atoms with Crippen molar-refractivity contribution in [3.8, 4) is 0 Å². The van der Waals surface area contributed by atoms with Crippen molar-refractivity contribution < 1.29 is 27.5 Å². The topological polar surface area (TPSA) is 90.0 Å². The molecular formula is C21H24ClNO6S. The van der Waals surface area contributed by atoms with Crippen LogP contribution in [-0.2, 0) is 29.1 Å². The average Bonchev–Trinajstić information content (AvgIpc) is 2.64. The molecule has 9 heteroatoms. The summed E-state index contributed by atoms with van der Waals surface area (Å²) in [5.74, 6) is -1.34. The van der Waals surface area contributed by atoms with E-state index in [1.54, 1.807) is 45.0 Å². The number of hydrogen-bond donors (Lipinski definition) is 0. The number of hydrogen-bond acceptors (Lipinski definition) is 6. The fraction of sp³-hybridized carbons (Fsp3) is 0.333. The van der Waals surface area contributed by atoms with E-state index in [1.807, 2.05) is 0 Å². The molecule has 0 N–H and O–H groups in total. The molecule has 2 aromatic carbocycles. The number of esters is 2. The van der Waals surface area contributed by atoms with E-state index in [4.69, 9.17) is 16.3 Å². The molecule has 2 rings (SSSR count). The fourth-order valence-corrected chi connectivity index (χ4v) is 4.16. The van der Waals surface area contributed by atoms with Crippen molar-refractivity contribution in [2.24, 2.45) is 0 Å². The standard InChI is InChI=1S/C21H24ClNO6S/c1-21(2,3)29-20(25)14-23(11-5-6-19(24)28-4)30(26,27)18-10-8-15-12-17(22)9-7-16(15)13-18/h5-10,12-13H,11,14H2,1-4H3/b6-5+. The highest BCUT2D eigenvalue weighted by Crippen LogP contribution is 2.24. The molecule has 0 unspecified atom stereocenters. The molecule has 0 aliphatic rings. The number of sulfonamides is 1. The zero-order valence-corrected chi connectivity index (χ0v) is 18.8. The van der Waals surface area contributed by atoms with Gasteiger partial charge in [-0.25, -0.2) is 13.2 Å². The minimum atomic E-state index is -4.06. The molecule has 0 saturated carbocycles. The number of carbonyl (C=O) groups excluding carboxylic acids is 2. The third-order valence-electron chi connectivity index (χ3n) is 3.90. The Morgan fingerprint density at radius 3 is 2.37 bits per heavy atom. The van der Waals surface area contributed by atoms with Gasteiger partial charge in [0.15, 0.2) is 0 Å². The zero-order chi connectivity index (χ0) is 22.5. The number of carbonyl (C=O) groups is 2. The number of benzene rings is 2. The maximum Gasteiger partial charge on any atom is 0.330 e. The van der Waals surface area contributed by atoms with Crippen LogP contribution in [0.4, 0.5) is 0 Å². The number of fused-ring (bicyclic) bond motifs is 1. The summed E-state index contributed by atoms with van der Waals surface area (Å²) in [6, 6.07) is 9.70. The molecular weight excluding hydrogens is 430 g/mol. The first-order valence-corrected chi connectivity index (χ1v) is 10.9. The normalized spacial score (nSPS) is 12.5. The number of halogens is 1. The predicted octanol–water partition coefficient (Wildman–Crippen LogP) is 3.55. The van der Waals surface area contributed by atoms with Gasteiger partial charge in [-0.15, -0.1) is 0 Å². The molecule has 0 heterocycles. The Labute approximate surface area is 181 Å². The maximum absolute atomic E-state index is 13.2. The lowest BCUT2D eigenvalue weighted by Crippen LogP contribution is -2.39. The van der Waals surface area contributed by atoms with Gasteiger partial charge in [0.2, 0.25) is 10.0 Å². The Morgan fingerprint density at radius 2 is 1.73 bits per heavy atom. The molecule has 0 atom stereocenters. The molecule has 0 radical (unpaired) electrons. The van der Waals surface area contributed by atoms with Crippen molar-refractivity contribution in [1.29, 1.82) is 0 Å². The molecule has 7 nitrogen and oxygen atoms in total. The first-order chi connectivity index (χ1) is 13.9. The molecule has 0 aromatic heterocycles. The van der Waals surface area contributed by atoms with Crippen molar-refractivity contribution in [2.75, 3.05) is 20.2 Å². The molecule has 162 valence electrons. The molecule has 0 aliphatic carbocycles. The van der Waals surface area contributed by atoms with Crippen LogP contribution in [0.25, 0.3) is 10.8 Å². The van der Waals surface area contributed by atoms with Crippen LogP contribution >= 0.6 is 11.6 Å². The van der Waals surface area contributed by atoms with Crippen LogP contribution in [-0.4, -0.2) is 50.5 Å². The first kappa shape index (κ1) is 23.9. The summed E-state index contributed by atoms with van der Waals surface area (Å²) in [6.45, 7) is 4.35. The molecule has 30 heavy (non-hydrogen) atoms. The molecule has 0 spiro atoms. The van der Waals surface area contributed by atoms with Gasteiger partial charge in [-0.1, -0.05) is 29.8 Å². The predicted molar refractivity (Wildman–Crippen MR) is 115 cm³/mol. The summed E-state index contributed by atoms with van der Waals surface area (Å²) in [7, 11) is -2.85. The van der Waals surface area contributed by atoms with E-state index in [2.05, 4.69) is 4.74 Å². The second-order valence-electron chi connectivity index (χ2n) is 7.46. The highest BCUT2D eigenvalue weighted by Gasteiger charge is 2.28. The van der Waals surface area contributed by atoms with E-state index in [-0.39, 0.29) is 11.4 Å². The van der Waals surface area contributed by atoms with Crippen molar-refractivity contribution in [2.45, 2.75) is 31.3 Å². The van der Waals surface area contributed by atoms with E-state index in [0.717, 1.165) is 15.8 Å². The van der Waals surface area contributed by atoms with Gasteiger partial charge in [-0.3, -0.25) is 4.79 Å². The minimum Gasteiger partial charge on any atom is -0.466 e. The maximum atomic E-state index is 13.2. The first-order valence-electron chi connectivity index (χ1n) is 9.08. The van der Waals surface area contributed by atoms with Crippen LogP contribution in [0.1, 0.15) is 20.8 Å². The monoisotopic (exact) mass is 453 g/mol. The molecule has 2 aromatic rings. The van der Waals surface area contributed by atoms with E-state index in [9.17, 15) is 18.0 Å². The summed E-state index contributed by atoms with van der Waals surface area (Å²) >= 11 is 5.98. The second kappa shape index (κ2) is 9.59. The quantitative estimate of drug-likeness (QED) is 0.470. The summed E-state index contributed by atoms with van der Waals surface area (Å²) in [5, 5.41) is 2.01. The molecule has 0 fully saturated rings. The Morgan fingerprint density at radius 1 is 1.10 bits per heavy atom. The van der Waals surface area contributed by atoms with Crippen LogP contribution < -0.4 is 0 Å². The number of nitrogens with zero attached hydrogens (tertiary/aromatic N) is 1. The molecule has 0 bridgehead atoms. The lowest BCUT2D eigenvalue weighted by molar-refractivity contribution is -0.154. The summed E-state index contributed by atoms with van der Waals surface area (Å²) in [4.78, 5) is 23.6. The van der Waals surface area contributed by atoms with Crippen molar-refractivity contribution in [1.82, 2.24) is 4.31 Å². The third-order valence-corrected chi connectivity index (χ3v) is 5.94. The zero-order valence-electron chi connectivity index (χ0n) is 17.2. The van der Waals surface area contributed by atoms with E-state index >= 15 is 0 Å². The van der Waals surface area contributed by atoms with Crippen molar-refractivity contribution in [3.05, 3.63) is 53.6 Å². The van der Waals surface area contributed by atoms with Gasteiger partial charge in [-0.05, 0) is 55.8 Å².